The first-order valence-electron chi connectivity index (χ1n) is 10.1. The number of rotatable bonds is 2. The molecular formula is C23H20Cl2N2O3. The molecular weight excluding hydrogens is 423 g/mol. The largest absolute Gasteiger partial charge is 0.483 e. The molecule has 4 unspecified atom stereocenters. The molecule has 1 fully saturated rings. The maximum atomic E-state index is 13.6. The number of Topliss-reactive ketones (excluding diaryl/α,β-unsaturated/α-hetero) is 1. The van der Waals surface area contributed by atoms with Crippen LogP contribution in [0.2, 0.25) is 5.02 Å². The van der Waals surface area contributed by atoms with Crippen molar-refractivity contribution in [2.24, 2.45) is 5.92 Å². The number of ketones is 1. The van der Waals surface area contributed by atoms with Gasteiger partial charge >= 0.3 is 0 Å². The number of carbonyl (C=O) groups is 2. The van der Waals surface area contributed by atoms with Gasteiger partial charge < -0.3 is 4.74 Å². The van der Waals surface area contributed by atoms with Gasteiger partial charge in [-0.3, -0.25) is 14.5 Å². The Hall–Kier alpha value is -2.37. The highest BCUT2D eigenvalue weighted by atomic mass is 35.5. The molecule has 1 aromatic heterocycles. The molecule has 154 valence electrons. The predicted molar refractivity (Wildman–Crippen MR) is 115 cm³/mol. The highest BCUT2D eigenvalue weighted by Gasteiger charge is 2.53. The van der Waals surface area contributed by atoms with Crippen LogP contribution in [-0.4, -0.2) is 28.2 Å². The van der Waals surface area contributed by atoms with E-state index in [0.29, 0.717) is 29.3 Å². The molecule has 1 aliphatic carbocycles. The van der Waals surface area contributed by atoms with Crippen molar-refractivity contribution in [3.8, 4) is 0 Å². The molecule has 0 bridgehead atoms. The van der Waals surface area contributed by atoms with Gasteiger partial charge in [0.05, 0.1) is 17.5 Å². The van der Waals surface area contributed by atoms with Gasteiger partial charge in [0.1, 0.15) is 11.9 Å². The molecule has 3 heterocycles. The molecule has 5 rings (SSSR count). The summed E-state index contributed by atoms with van der Waals surface area (Å²) >= 11 is 12.4. The van der Waals surface area contributed by atoms with Gasteiger partial charge in [-0.1, -0.05) is 29.8 Å². The van der Waals surface area contributed by atoms with Crippen LogP contribution in [0.3, 0.4) is 0 Å². The van der Waals surface area contributed by atoms with Crippen molar-refractivity contribution < 1.29 is 14.3 Å². The zero-order valence-electron chi connectivity index (χ0n) is 16.3. The molecule has 2 aromatic rings. The molecule has 1 saturated carbocycles. The number of alkyl halides is 1. The summed E-state index contributed by atoms with van der Waals surface area (Å²) in [5, 5.41) is 0.530. The monoisotopic (exact) mass is 442 g/mol. The third-order valence-electron chi connectivity index (χ3n) is 6.09. The summed E-state index contributed by atoms with van der Waals surface area (Å²) < 4.78 is 6.16. The number of hydrogen-bond donors (Lipinski definition) is 0. The highest BCUT2D eigenvalue weighted by molar-refractivity contribution is 6.30. The molecule has 0 saturated heterocycles. The Kier molecular flexibility index (Phi) is 4.83. The van der Waals surface area contributed by atoms with Gasteiger partial charge in [-0.15, -0.1) is 11.6 Å². The Bertz CT molecular complexity index is 1070. The number of hydrogen-bond acceptors (Lipinski definition) is 4. The number of anilines is 1. The fourth-order valence-electron chi connectivity index (χ4n) is 4.68. The molecule has 0 radical (unpaired) electrons. The molecule has 2 aliphatic heterocycles. The van der Waals surface area contributed by atoms with Crippen LogP contribution in [0.5, 0.6) is 0 Å². The molecule has 30 heavy (non-hydrogen) atoms. The number of aryl methyl sites for hydroxylation is 1. The number of benzene rings is 1. The van der Waals surface area contributed by atoms with Gasteiger partial charge in [-0.05, 0) is 56.0 Å². The van der Waals surface area contributed by atoms with Crippen LogP contribution in [0.25, 0.3) is 0 Å². The second kappa shape index (κ2) is 7.40. The summed E-state index contributed by atoms with van der Waals surface area (Å²) in [5.74, 6) is -0.0626. The third-order valence-corrected chi connectivity index (χ3v) is 6.74. The van der Waals surface area contributed by atoms with Gasteiger partial charge in [0, 0.05) is 16.1 Å². The van der Waals surface area contributed by atoms with E-state index >= 15 is 0 Å². The van der Waals surface area contributed by atoms with Gasteiger partial charge in [0.15, 0.2) is 11.5 Å². The van der Waals surface area contributed by atoms with E-state index in [9.17, 15) is 9.59 Å². The van der Waals surface area contributed by atoms with Crippen LogP contribution in [-0.2, 0) is 14.3 Å². The number of ether oxygens (including phenoxy) is 1. The number of amides is 1. The molecule has 3 aliphatic rings. The van der Waals surface area contributed by atoms with Gasteiger partial charge in [0.2, 0.25) is 0 Å². The predicted octanol–water partition coefficient (Wildman–Crippen LogP) is 4.76. The normalized spacial score (nSPS) is 28.3. The van der Waals surface area contributed by atoms with Crippen molar-refractivity contribution in [2.45, 2.75) is 43.7 Å². The second-order valence-corrected chi connectivity index (χ2v) is 9.10. The van der Waals surface area contributed by atoms with Crippen LogP contribution in [0.15, 0.2) is 53.8 Å². The van der Waals surface area contributed by atoms with E-state index in [4.69, 9.17) is 27.9 Å². The van der Waals surface area contributed by atoms with Gasteiger partial charge in [0.25, 0.3) is 5.91 Å². The number of fused-ring (bicyclic) bond motifs is 1. The highest BCUT2D eigenvalue weighted by Crippen LogP contribution is 2.48. The molecule has 4 atom stereocenters. The summed E-state index contributed by atoms with van der Waals surface area (Å²) in [4.78, 5) is 33.2. The minimum atomic E-state index is -0.608. The zero-order chi connectivity index (χ0) is 21.0. The summed E-state index contributed by atoms with van der Waals surface area (Å²) in [5.41, 5.74) is 1.97. The fraction of sp³-hybridized carbons (Fsp3) is 0.348. The Balaban J connectivity index is 1.65. The average molecular weight is 443 g/mol. The van der Waals surface area contributed by atoms with Crippen LogP contribution in [0.1, 0.15) is 36.6 Å². The SMILES string of the molecule is Cc1cccc(N2C(=O)C3=C(C(=O)C4CC(Cl)CCC4O3)C2c2ccc(Cl)cc2)n1. The summed E-state index contributed by atoms with van der Waals surface area (Å²) in [6, 6.07) is 12.1. The number of aromatic nitrogens is 1. The van der Waals surface area contributed by atoms with Gasteiger partial charge in [-0.2, -0.15) is 0 Å². The topological polar surface area (TPSA) is 59.5 Å². The Morgan fingerprint density at radius 2 is 1.87 bits per heavy atom. The van der Waals surface area contributed by atoms with Crippen molar-refractivity contribution in [3.05, 3.63) is 70.1 Å². The van der Waals surface area contributed by atoms with E-state index in [2.05, 4.69) is 4.98 Å². The van der Waals surface area contributed by atoms with Crippen LogP contribution >= 0.6 is 23.2 Å². The van der Waals surface area contributed by atoms with Crippen molar-refractivity contribution in [1.82, 2.24) is 4.98 Å². The quantitative estimate of drug-likeness (QED) is 0.628. The Labute approximate surface area is 184 Å². The summed E-state index contributed by atoms with van der Waals surface area (Å²) in [6.07, 6.45) is 1.71. The van der Waals surface area contributed by atoms with Gasteiger partial charge in [-0.25, -0.2) is 4.98 Å². The zero-order valence-corrected chi connectivity index (χ0v) is 17.9. The van der Waals surface area contributed by atoms with Crippen molar-refractivity contribution in [1.29, 1.82) is 0 Å². The van der Waals surface area contributed by atoms with E-state index in [1.807, 2.05) is 31.2 Å². The number of pyridine rings is 1. The van der Waals surface area contributed by atoms with E-state index in [0.717, 1.165) is 17.7 Å². The van der Waals surface area contributed by atoms with Crippen LogP contribution in [0, 0.1) is 12.8 Å². The standard InChI is InChI=1S/C23H20Cl2N2O3/c1-12-3-2-4-18(26-12)27-20(13-5-7-14(24)8-6-13)19-21(28)16-11-15(25)9-10-17(16)30-22(19)23(27)29/h2-8,15-17,20H,9-11H2,1H3. The fourth-order valence-corrected chi connectivity index (χ4v) is 5.12. The molecule has 1 amide bonds. The lowest BCUT2D eigenvalue weighted by molar-refractivity contribution is -0.131. The van der Waals surface area contributed by atoms with E-state index in [1.165, 1.54) is 0 Å². The van der Waals surface area contributed by atoms with Crippen molar-refractivity contribution in [2.75, 3.05) is 4.90 Å². The third kappa shape index (κ3) is 3.12. The molecule has 0 N–H and O–H groups in total. The molecule has 5 nitrogen and oxygen atoms in total. The summed E-state index contributed by atoms with van der Waals surface area (Å²) in [7, 11) is 0. The second-order valence-electron chi connectivity index (χ2n) is 8.05. The first-order chi connectivity index (χ1) is 14.4. The number of carbonyl (C=O) groups excluding carboxylic acids is 2. The molecule has 7 heteroatoms. The first-order valence-corrected chi connectivity index (χ1v) is 10.9. The Morgan fingerprint density at radius 3 is 2.60 bits per heavy atom. The average Bonchev–Trinajstić information content (AvgIpc) is 3.02. The maximum absolute atomic E-state index is 13.6. The number of nitrogens with zero attached hydrogens (tertiary/aromatic N) is 2. The Morgan fingerprint density at radius 1 is 1.10 bits per heavy atom. The van der Waals surface area contributed by atoms with Crippen LogP contribution < -0.4 is 4.90 Å². The number of halogens is 2. The lowest BCUT2D eigenvalue weighted by atomic mass is 9.77. The van der Waals surface area contributed by atoms with E-state index in [-0.39, 0.29) is 34.8 Å². The minimum Gasteiger partial charge on any atom is -0.483 e. The lowest BCUT2D eigenvalue weighted by Gasteiger charge is -2.37. The molecule has 1 aromatic carbocycles. The molecule has 0 spiro atoms. The lowest BCUT2D eigenvalue weighted by Crippen LogP contribution is -2.41. The van der Waals surface area contributed by atoms with E-state index in [1.54, 1.807) is 23.1 Å². The summed E-state index contributed by atoms with van der Waals surface area (Å²) in [6.45, 7) is 1.87. The first kappa shape index (κ1) is 19.6. The smallest absolute Gasteiger partial charge is 0.295 e. The maximum Gasteiger partial charge on any atom is 0.295 e. The van der Waals surface area contributed by atoms with Crippen molar-refractivity contribution in [3.63, 3.8) is 0 Å². The van der Waals surface area contributed by atoms with E-state index < -0.39 is 6.04 Å². The van der Waals surface area contributed by atoms with Crippen LogP contribution in [0.4, 0.5) is 5.82 Å². The minimum absolute atomic E-state index is 0.0462. The van der Waals surface area contributed by atoms with Crippen molar-refractivity contribution >= 4 is 40.7 Å².